The van der Waals surface area contributed by atoms with Crippen LogP contribution in [-0.4, -0.2) is 0 Å². The second-order valence-electron chi connectivity index (χ2n) is 2.07. The van der Waals surface area contributed by atoms with Crippen LogP contribution in [-0.2, 0) is 26.4 Å². The minimum atomic E-state index is -1.08. The lowest BCUT2D eigenvalue weighted by Crippen LogP contribution is -1.97. The topological polar surface area (TPSA) is 34.1 Å². The molecule has 3 heteroatoms. The summed E-state index contributed by atoms with van der Waals surface area (Å²) in [5.41, 5.74) is 2.97. The van der Waals surface area contributed by atoms with Crippen LogP contribution in [0.2, 0.25) is 0 Å². The Balaban J connectivity index is 0.000000148. The first-order valence-electron chi connectivity index (χ1n) is 2.89. The van der Waals surface area contributed by atoms with Gasteiger partial charge in [0, 0.05) is 0 Å². The molecule has 2 aliphatic rings. The van der Waals surface area contributed by atoms with Gasteiger partial charge in [0.15, 0.2) is 0 Å². The number of thiol groups is 1. The molecule has 0 aliphatic heterocycles. The molecule has 0 N–H and O–H groups in total. The molecule has 54 valence electrons. The van der Waals surface area contributed by atoms with Crippen LogP contribution in [0.25, 0.3) is 0 Å². The zero-order chi connectivity index (χ0) is 7.40. The van der Waals surface area contributed by atoms with E-state index in [0.717, 1.165) is 0 Å². The lowest BCUT2D eigenvalue weighted by Gasteiger charge is -2.11. The van der Waals surface area contributed by atoms with E-state index >= 15 is 0 Å². The fourth-order valence-electron chi connectivity index (χ4n) is 0.954. The number of fused-ring (bicyclic) bond motifs is 2. The van der Waals surface area contributed by atoms with Gasteiger partial charge in [0.05, 0.1) is 0 Å². The molecule has 2 bridgehead atoms. The van der Waals surface area contributed by atoms with Crippen molar-refractivity contribution in [2.75, 3.05) is 0 Å². The summed E-state index contributed by atoms with van der Waals surface area (Å²) in [4.78, 5) is 0. The van der Waals surface area contributed by atoms with E-state index < -0.39 is 11.6 Å². The summed E-state index contributed by atoms with van der Waals surface area (Å²) >= 11 is -1.08. The van der Waals surface area contributed by atoms with Gasteiger partial charge in [0.1, 0.15) is 0 Å². The highest BCUT2D eigenvalue weighted by Crippen LogP contribution is 2.18. The number of rotatable bonds is 0. The van der Waals surface area contributed by atoms with Gasteiger partial charge in [-0.05, 0) is 17.5 Å². The van der Waals surface area contributed by atoms with Gasteiger partial charge in [0.2, 0.25) is 0 Å². The lowest BCUT2D eigenvalue weighted by molar-refractivity contribution is 0.541. The Hall–Kier alpha value is -0.830. The first-order valence-corrected chi connectivity index (χ1v) is 3.62. The van der Waals surface area contributed by atoms with Crippen LogP contribution < -0.4 is 0 Å². The van der Waals surface area contributed by atoms with E-state index in [1.165, 1.54) is 17.5 Å². The zero-order valence-electron chi connectivity index (χ0n) is 5.28. The van der Waals surface area contributed by atoms with Gasteiger partial charge >= 0.3 is 0 Å². The van der Waals surface area contributed by atoms with Gasteiger partial charge in [-0.25, -0.2) is 0 Å². The molecule has 0 unspecified atom stereocenters. The third-order valence-electron chi connectivity index (χ3n) is 1.40. The van der Waals surface area contributed by atoms with E-state index in [9.17, 15) is 0 Å². The molecule has 0 heterocycles. The fraction of sp³-hybridized carbons (Fsp3) is 0.143. The number of hydrogen-bond acceptors (Lipinski definition) is 3. The molecule has 0 amide bonds. The Labute approximate surface area is 62.5 Å². The van der Waals surface area contributed by atoms with Crippen molar-refractivity contribution in [1.82, 2.24) is 0 Å². The van der Waals surface area contributed by atoms with Crippen molar-refractivity contribution in [3.8, 4) is 0 Å². The molecular formula is C7H7O2S-. The highest BCUT2D eigenvalue weighted by molar-refractivity contribution is 7.51. The molecule has 10 heavy (non-hydrogen) atoms. The molecule has 0 aromatic heterocycles. The molecule has 2 nitrogen and oxygen atoms in total. The molecule has 1 aromatic rings. The highest BCUT2D eigenvalue weighted by Gasteiger charge is 2.04. The molecule has 0 atom stereocenters. The van der Waals surface area contributed by atoms with Crippen molar-refractivity contribution < 1.29 is 8.42 Å². The quantitative estimate of drug-likeness (QED) is 0.421. The Morgan fingerprint density at radius 1 is 1.20 bits per heavy atom. The predicted molar refractivity (Wildman–Crippen MR) is 39.4 cm³/mol. The average Bonchev–Trinajstić information content (AvgIpc) is 1.90. The second kappa shape index (κ2) is 3.37. The van der Waals surface area contributed by atoms with Gasteiger partial charge in [-0.1, -0.05) is 35.8 Å². The molecule has 2 aliphatic carbocycles. The summed E-state index contributed by atoms with van der Waals surface area (Å²) < 4.78 is 16.7. The van der Waals surface area contributed by atoms with Crippen molar-refractivity contribution in [1.29, 1.82) is 0 Å². The Bertz CT molecular complexity index is 239. The van der Waals surface area contributed by atoms with E-state index in [4.69, 9.17) is 8.42 Å². The maximum Gasteiger partial charge on any atom is -0.00256 e. The predicted octanol–water partition coefficient (Wildman–Crippen LogP) is 1.08. The summed E-state index contributed by atoms with van der Waals surface area (Å²) in [5, 5.41) is 0. The van der Waals surface area contributed by atoms with Crippen LogP contribution in [0.1, 0.15) is 11.1 Å². The minimum absolute atomic E-state index is 1.08. The lowest BCUT2D eigenvalue weighted by atomic mass is 9.94. The van der Waals surface area contributed by atoms with Gasteiger partial charge in [-0.15, -0.1) is 0 Å². The molecule has 0 fully saturated rings. The summed E-state index contributed by atoms with van der Waals surface area (Å²) in [6, 6.07) is 8.65. The summed E-state index contributed by atoms with van der Waals surface area (Å²) in [6.07, 6.45) is 1.22. The van der Waals surface area contributed by atoms with Crippen molar-refractivity contribution in [3.05, 3.63) is 35.4 Å². The third-order valence-corrected chi connectivity index (χ3v) is 1.40. The van der Waals surface area contributed by atoms with Crippen LogP contribution in [0, 0.1) is 0 Å². The van der Waals surface area contributed by atoms with Crippen molar-refractivity contribution in [2.45, 2.75) is 6.42 Å². The maximum absolute atomic E-state index is 8.35. The molecule has 0 saturated carbocycles. The molecule has 0 radical (unpaired) electrons. The molecule has 3 rings (SSSR count). The average molecular weight is 155 g/mol. The fourth-order valence-corrected chi connectivity index (χ4v) is 0.954. The van der Waals surface area contributed by atoms with E-state index in [0.29, 0.717) is 0 Å². The normalized spacial score (nSPS) is 10.8. The summed E-state index contributed by atoms with van der Waals surface area (Å²) in [5.74, 6) is 0. The van der Waals surface area contributed by atoms with Crippen molar-refractivity contribution in [3.63, 3.8) is 0 Å². The van der Waals surface area contributed by atoms with E-state index in [2.05, 4.69) is 24.3 Å². The van der Waals surface area contributed by atoms with E-state index in [-0.39, 0.29) is 0 Å². The SMILES string of the molecule is O=[SH-]=O.c1cc2cc(c1)C2. The van der Waals surface area contributed by atoms with Gasteiger partial charge in [-0.3, -0.25) is 0 Å². The number of hydrogen-bond donors (Lipinski definition) is 0. The second-order valence-corrected chi connectivity index (χ2v) is 2.22. The van der Waals surface area contributed by atoms with Gasteiger partial charge < -0.3 is 8.42 Å². The first-order chi connectivity index (χ1) is 4.86. The monoisotopic (exact) mass is 155 g/mol. The molecular weight excluding hydrogens is 148 g/mol. The first kappa shape index (κ1) is 7.28. The van der Waals surface area contributed by atoms with Crippen LogP contribution in [0.5, 0.6) is 0 Å². The Morgan fingerprint density at radius 2 is 1.60 bits per heavy atom. The van der Waals surface area contributed by atoms with E-state index in [1.807, 2.05) is 0 Å². The van der Waals surface area contributed by atoms with Crippen LogP contribution in [0.15, 0.2) is 24.3 Å². The van der Waals surface area contributed by atoms with Gasteiger partial charge in [0.25, 0.3) is 0 Å². The van der Waals surface area contributed by atoms with Crippen LogP contribution in [0.4, 0.5) is 0 Å². The molecule has 1 aromatic carbocycles. The Morgan fingerprint density at radius 3 is 1.70 bits per heavy atom. The third kappa shape index (κ3) is 1.57. The molecule has 0 spiro atoms. The van der Waals surface area contributed by atoms with Crippen molar-refractivity contribution >= 4 is 11.6 Å². The number of benzene rings is 1. The smallest absolute Gasteiger partial charge is 0.00256 e. The maximum atomic E-state index is 8.35. The van der Waals surface area contributed by atoms with E-state index in [1.54, 1.807) is 0 Å². The Kier molecular flexibility index (Phi) is 2.45. The summed E-state index contributed by atoms with van der Waals surface area (Å²) in [6.45, 7) is 0. The largest absolute Gasteiger partial charge is 0.427 e. The zero-order valence-corrected chi connectivity index (χ0v) is 6.17. The minimum Gasteiger partial charge on any atom is -0.427 e. The summed E-state index contributed by atoms with van der Waals surface area (Å²) in [7, 11) is 0. The standard InChI is InChI=1S/C7H6.HO2S/c1-2-6-4-7(3-1)5-6;1-3-2/h1-4H,5H2;3H/q;-1. The van der Waals surface area contributed by atoms with Crippen molar-refractivity contribution in [2.24, 2.45) is 0 Å². The molecule has 0 saturated heterocycles. The highest BCUT2D eigenvalue weighted by atomic mass is 32.1. The van der Waals surface area contributed by atoms with Gasteiger partial charge in [-0.2, -0.15) is 0 Å². The van der Waals surface area contributed by atoms with Crippen LogP contribution in [0.3, 0.4) is 0 Å². The van der Waals surface area contributed by atoms with Crippen LogP contribution >= 0.6 is 0 Å².